The maximum atomic E-state index is 13.7. The van der Waals surface area contributed by atoms with Crippen LogP contribution in [0.15, 0.2) is 52.1 Å². The van der Waals surface area contributed by atoms with Gasteiger partial charge in [-0.25, -0.2) is 9.59 Å². The molecule has 0 spiro atoms. The molecule has 2 N–H and O–H groups in total. The minimum atomic E-state index is -4.98. The predicted molar refractivity (Wildman–Crippen MR) is 126 cm³/mol. The van der Waals surface area contributed by atoms with Gasteiger partial charge in [-0.3, -0.25) is 18.7 Å². The van der Waals surface area contributed by atoms with Gasteiger partial charge in [-0.2, -0.15) is 13.2 Å². The van der Waals surface area contributed by atoms with E-state index in [2.05, 4.69) is 5.32 Å². The van der Waals surface area contributed by atoms with Crippen LogP contribution in [-0.2, 0) is 31.5 Å². The minimum Gasteiger partial charge on any atom is -0.480 e. The molecule has 1 atom stereocenters. The molecule has 0 aliphatic rings. The number of hydrogen-bond acceptors (Lipinski definition) is 4. The second-order valence-corrected chi connectivity index (χ2v) is 8.53. The first kappa shape index (κ1) is 26.7. The second kappa shape index (κ2) is 10.0. The molecule has 0 aliphatic heterocycles. The number of carbonyl (C=O) groups excluding carboxylic acids is 1. The smallest absolute Gasteiger partial charge is 0.432 e. The van der Waals surface area contributed by atoms with E-state index in [4.69, 9.17) is 11.6 Å². The van der Waals surface area contributed by atoms with Crippen molar-refractivity contribution in [1.82, 2.24) is 14.5 Å². The maximum absolute atomic E-state index is 13.7. The van der Waals surface area contributed by atoms with Crippen LogP contribution in [0.25, 0.3) is 11.1 Å². The molecular weight excluding hydrogens is 503 g/mol. The topological polar surface area (TPSA) is 110 Å². The number of nitrogens with one attached hydrogen (secondary N) is 1. The van der Waals surface area contributed by atoms with Crippen LogP contribution in [0.1, 0.15) is 27.2 Å². The zero-order chi connectivity index (χ0) is 26.9. The van der Waals surface area contributed by atoms with Gasteiger partial charge in [-0.15, -0.1) is 0 Å². The SMILES string of the molecule is Cc1cccc(Cl)c1C(=O)N[C@@H](Cc1ccc(-c2c(C(F)(F)F)n(C)c(=O)n(C)c2=O)cc1)C(=O)O. The van der Waals surface area contributed by atoms with E-state index in [0.717, 1.165) is 14.1 Å². The Kier molecular flexibility index (Phi) is 7.44. The molecule has 8 nitrogen and oxygen atoms in total. The lowest BCUT2D eigenvalue weighted by molar-refractivity contribution is -0.143. The number of carbonyl (C=O) groups is 2. The molecule has 36 heavy (non-hydrogen) atoms. The molecule has 12 heteroatoms. The van der Waals surface area contributed by atoms with Crippen LogP contribution in [0, 0.1) is 6.92 Å². The quantitative estimate of drug-likeness (QED) is 0.516. The van der Waals surface area contributed by atoms with Crippen molar-refractivity contribution in [1.29, 1.82) is 0 Å². The molecule has 0 fully saturated rings. The Labute approximate surface area is 207 Å². The number of benzene rings is 2. The van der Waals surface area contributed by atoms with Gasteiger partial charge in [0.25, 0.3) is 11.5 Å². The van der Waals surface area contributed by atoms with Gasteiger partial charge < -0.3 is 10.4 Å². The first-order valence-electron chi connectivity index (χ1n) is 10.5. The van der Waals surface area contributed by atoms with Crippen LogP contribution in [0.3, 0.4) is 0 Å². The van der Waals surface area contributed by atoms with Crippen molar-refractivity contribution in [2.45, 2.75) is 25.6 Å². The molecule has 0 radical (unpaired) electrons. The van der Waals surface area contributed by atoms with Crippen molar-refractivity contribution in [3.8, 4) is 11.1 Å². The second-order valence-electron chi connectivity index (χ2n) is 8.12. The number of hydrogen-bond donors (Lipinski definition) is 2. The summed E-state index contributed by atoms with van der Waals surface area (Å²) in [5, 5.41) is 12.2. The van der Waals surface area contributed by atoms with Gasteiger partial charge in [0.1, 0.15) is 11.7 Å². The third-order valence-corrected chi connectivity index (χ3v) is 5.98. The molecule has 1 amide bonds. The summed E-state index contributed by atoms with van der Waals surface area (Å²) in [6.45, 7) is 1.65. The van der Waals surface area contributed by atoms with Crippen LogP contribution >= 0.6 is 11.6 Å². The van der Waals surface area contributed by atoms with Gasteiger partial charge in [-0.1, -0.05) is 48.0 Å². The van der Waals surface area contributed by atoms with E-state index >= 15 is 0 Å². The maximum Gasteiger partial charge on any atom is 0.432 e. The summed E-state index contributed by atoms with van der Waals surface area (Å²) < 4.78 is 42.1. The van der Waals surface area contributed by atoms with Gasteiger partial charge in [0.2, 0.25) is 0 Å². The Morgan fingerprint density at radius 3 is 2.19 bits per heavy atom. The van der Waals surface area contributed by atoms with Crippen molar-refractivity contribution >= 4 is 23.5 Å². The number of nitrogens with zero attached hydrogens (tertiary/aromatic N) is 2. The average molecular weight is 524 g/mol. The normalized spacial score (nSPS) is 12.3. The van der Waals surface area contributed by atoms with Crippen molar-refractivity contribution in [3.63, 3.8) is 0 Å². The first-order valence-corrected chi connectivity index (χ1v) is 10.9. The average Bonchev–Trinajstić information content (AvgIpc) is 2.79. The van der Waals surface area contributed by atoms with Crippen LogP contribution in [0.5, 0.6) is 0 Å². The van der Waals surface area contributed by atoms with E-state index < -0.39 is 46.6 Å². The summed E-state index contributed by atoms with van der Waals surface area (Å²) in [7, 11) is 1.99. The monoisotopic (exact) mass is 523 g/mol. The van der Waals surface area contributed by atoms with Crippen molar-refractivity contribution in [2.75, 3.05) is 0 Å². The van der Waals surface area contributed by atoms with Gasteiger partial charge in [0, 0.05) is 20.5 Å². The third-order valence-electron chi connectivity index (χ3n) is 5.67. The number of carboxylic acids is 1. The largest absolute Gasteiger partial charge is 0.480 e. The number of aryl methyl sites for hydroxylation is 1. The standard InChI is InChI=1S/C24H21ClF3N3O5/c1-12-5-4-6-15(25)17(12)20(32)29-16(22(34)35)11-13-7-9-14(10-8-13)18-19(24(26,27)28)30(2)23(36)31(3)21(18)33/h4-10,16H,11H2,1-3H3,(H,29,32)(H,34,35)/t16-/m0/s1. The van der Waals surface area contributed by atoms with E-state index in [0.29, 0.717) is 20.3 Å². The molecule has 2 aromatic carbocycles. The molecule has 3 aromatic rings. The summed E-state index contributed by atoms with van der Waals surface area (Å²) >= 11 is 6.08. The van der Waals surface area contributed by atoms with Gasteiger partial charge in [0.05, 0.1) is 16.1 Å². The van der Waals surface area contributed by atoms with Gasteiger partial charge in [-0.05, 0) is 29.7 Å². The lowest BCUT2D eigenvalue weighted by atomic mass is 9.99. The fraction of sp³-hybridized carbons (Fsp3) is 0.250. The highest BCUT2D eigenvalue weighted by atomic mass is 35.5. The van der Waals surface area contributed by atoms with E-state index in [1.165, 1.54) is 30.3 Å². The lowest BCUT2D eigenvalue weighted by Crippen LogP contribution is -2.42. The Hall–Kier alpha value is -3.86. The molecule has 0 unspecified atom stereocenters. The molecule has 1 heterocycles. The fourth-order valence-corrected chi connectivity index (χ4v) is 4.14. The van der Waals surface area contributed by atoms with E-state index in [1.807, 2.05) is 0 Å². The number of alkyl halides is 3. The molecule has 0 aliphatic carbocycles. The highest BCUT2D eigenvalue weighted by Gasteiger charge is 2.39. The van der Waals surface area contributed by atoms with E-state index in [-0.39, 0.29) is 22.6 Å². The lowest BCUT2D eigenvalue weighted by Gasteiger charge is -2.18. The van der Waals surface area contributed by atoms with Gasteiger partial charge >= 0.3 is 17.8 Å². The minimum absolute atomic E-state index is 0.107. The van der Waals surface area contributed by atoms with Crippen LogP contribution in [0.2, 0.25) is 5.02 Å². The number of carboxylic acid groups (broad SMARTS) is 1. The third kappa shape index (κ3) is 5.20. The van der Waals surface area contributed by atoms with Crippen molar-refractivity contribution < 1.29 is 27.9 Å². The Morgan fingerprint density at radius 2 is 1.67 bits per heavy atom. The Bertz CT molecular complexity index is 1440. The Balaban J connectivity index is 1.95. The van der Waals surface area contributed by atoms with Crippen molar-refractivity contribution in [3.05, 3.63) is 90.7 Å². The highest BCUT2D eigenvalue weighted by molar-refractivity contribution is 6.34. The summed E-state index contributed by atoms with van der Waals surface area (Å²) in [6.07, 6.45) is -5.17. The molecule has 0 bridgehead atoms. The molecule has 1 aromatic heterocycles. The summed E-state index contributed by atoms with van der Waals surface area (Å²) in [5.41, 5.74) is -3.41. The number of aromatic nitrogens is 2. The number of amides is 1. The Morgan fingerprint density at radius 1 is 1.06 bits per heavy atom. The van der Waals surface area contributed by atoms with Crippen molar-refractivity contribution in [2.24, 2.45) is 14.1 Å². The van der Waals surface area contributed by atoms with Gasteiger partial charge in [0.15, 0.2) is 0 Å². The summed E-state index contributed by atoms with van der Waals surface area (Å²) in [6, 6.07) is 8.58. The molecule has 0 saturated carbocycles. The van der Waals surface area contributed by atoms with Crippen LogP contribution in [0.4, 0.5) is 13.2 Å². The number of halogens is 4. The number of aliphatic carboxylic acids is 1. The molecule has 3 rings (SSSR count). The summed E-state index contributed by atoms with van der Waals surface area (Å²) in [5.74, 6) is -2.02. The van der Waals surface area contributed by atoms with Crippen LogP contribution in [-0.4, -0.2) is 32.2 Å². The predicted octanol–water partition coefficient (Wildman–Crippen LogP) is 3.16. The van der Waals surface area contributed by atoms with E-state index in [9.17, 15) is 37.5 Å². The summed E-state index contributed by atoms with van der Waals surface area (Å²) in [4.78, 5) is 49.1. The first-order chi connectivity index (χ1) is 16.7. The van der Waals surface area contributed by atoms with E-state index in [1.54, 1.807) is 19.1 Å². The zero-order valence-corrected chi connectivity index (χ0v) is 20.1. The zero-order valence-electron chi connectivity index (χ0n) is 19.3. The molecular formula is C24H21ClF3N3O5. The molecule has 190 valence electrons. The van der Waals surface area contributed by atoms with Crippen LogP contribution < -0.4 is 16.6 Å². The fourth-order valence-electron chi connectivity index (χ4n) is 3.83. The molecule has 0 saturated heterocycles. The highest BCUT2D eigenvalue weighted by Crippen LogP contribution is 2.34. The number of rotatable bonds is 6.